The number of halogens is 1. The van der Waals surface area contributed by atoms with E-state index in [-0.39, 0.29) is 23.7 Å². The lowest BCUT2D eigenvalue weighted by molar-refractivity contribution is -0.116. The smallest absolute Gasteiger partial charge is 0.240 e. The van der Waals surface area contributed by atoms with E-state index in [9.17, 15) is 17.6 Å². The molecule has 1 heterocycles. The Morgan fingerprint density at radius 2 is 1.85 bits per heavy atom. The van der Waals surface area contributed by atoms with Gasteiger partial charge in [0.15, 0.2) is 11.5 Å². The Bertz CT molecular complexity index is 949. The fraction of sp³-hybridized carbons (Fsp3) is 0.278. The van der Waals surface area contributed by atoms with Crippen LogP contribution in [-0.4, -0.2) is 40.6 Å². The SMILES string of the molecule is CC(=O)N(CCNS(=O)(=O)c1ccc2c(c1)OCCO2)c1ccccc1F. The molecule has 27 heavy (non-hydrogen) atoms. The summed E-state index contributed by atoms with van der Waals surface area (Å²) in [5.74, 6) is -0.0932. The number of hydrogen-bond acceptors (Lipinski definition) is 5. The van der Waals surface area contributed by atoms with Crippen molar-refractivity contribution in [1.29, 1.82) is 0 Å². The van der Waals surface area contributed by atoms with Crippen molar-refractivity contribution >= 4 is 21.6 Å². The number of anilines is 1. The van der Waals surface area contributed by atoms with Crippen molar-refractivity contribution in [2.24, 2.45) is 0 Å². The van der Waals surface area contributed by atoms with Gasteiger partial charge in [-0.05, 0) is 24.3 Å². The highest BCUT2D eigenvalue weighted by atomic mass is 32.2. The Balaban J connectivity index is 1.69. The minimum atomic E-state index is -3.82. The van der Waals surface area contributed by atoms with Gasteiger partial charge in [0.2, 0.25) is 15.9 Å². The van der Waals surface area contributed by atoms with Crippen LogP contribution in [0.15, 0.2) is 47.4 Å². The van der Waals surface area contributed by atoms with Crippen LogP contribution in [0.25, 0.3) is 0 Å². The molecule has 0 spiro atoms. The molecule has 0 saturated carbocycles. The van der Waals surface area contributed by atoms with Gasteiger partial charge in [-0.15, -0.1) is 0 Å². The van der Waals surface area contributed by atoms with Crippen LogP contribution >= 0.6 is 0 Å². The van der Waals surface area contributed by atoms with E-state index in [0.29, 0.717) is 24.7 Å². The third-order valence-corrected chi connectivity index (χ3v) is 5.43. The molecular formula is C18H19FN2O5S. The van der Waals surface area contributed by atoms with E-state index in [1.165, 1.54) is 48.2 Å². The third kappa shape index (κ3) is 4.37. The second-order valence-electron chi connectivity index (χ2n) is 5.83. The highest BCUT2D eigenvalue weighted by Gasteiger charge is 2.20. The second-order valence-corrected chi connectivity index (χ2v) is 7.59. The maximum Gasteiger partial charge on any atom is 0.240 e. The first kappa shape index (κ1) is 19.1. The van der Waals surface area contributed by atoms with Crippen molar-refractivity contribution in [1.82, 2.24) is 4.72 Å². The number of nitrogens with one attached hydrogen (secondary N) is 1. The van der Waals surface area contributed by atoms with Gasteiger partial charge < -0.3 is 14.4 Å². The maximum atomic E-state index is 13.9. The van der Waals surface area contributed by atoms with E-state index in [1.54, 1.807) is 6.07 Å². The highest BCUT2D eigenvalue weighted by molar-refractivity contribution is 7.89. The Kier molecular flexibility index (Phi) is 5.62. The van der Waals surface area contributed by atoms with Crippen molar-refractivity contribution in [2.45, 2.75) is 11.8 Å². The Hall–Kier alpha value is -2.65. The van der Waals surface area contributed by atoms with Crippen LogP contribution in [0.5, 0.6) is 11.5 Å². The summed E-state index contributed by atoms with van der Waals surface area (Å²) in [6, 6.07) is 10.2. The average molecular weight is 394 g/mol. The standard InChI is InChI=1S/C18H19FN2O5S/c1-13(22)21(16-5-3-2-4-15(16)19)9-8-20-27(23,24)14-6-7-17-18(12-14)26-11-10-25-17/h2-7,12,20H,8-11H2,1H3. The Morgan fingerprint density at radius 1 is 1.15 bits per heavy atom. The number of benzene rings is 2. The second kappa shape index (κ2) is 7.93. The lowest BCUT2D eigenvalue weighted by Gasteiger charge is -2.22. The lowest BCUT2D eigenvalue weighted by atomic mass is 10.2. The summed E-state index contributed by atoms with van der Waals surface area (Å²) < 4.78 is 52.1. The number of amides is 1. The van der Waals surface area contributed by atoms with Crippen molar-refractivity contribution in [3.05, 3.63) is 48.3 Å². The van der Waals surface area contributed by atoms with E-state index >= 15 is 0 Å². The first-order valence-corrected chi connectivity index (χ1v) is 9.79. The molecule has 1 N–H and O–H groups in total. The number of sulfonamides is 1. The highest BCUT2D eigenvalue weighted by Crippen LogP contribution is 2.32. The molecule has 0 bridgehead atoms. The molecule has 2 aromatic carbocycles. The number of fused-ring (bicyclic) bond motifs is 1. The number of carbonyl (C=O) groups is 1. The Labute approximate surface area is 156 Å². The van der Waals surface area contributed by atoms with Crippen LogP contribution in [0.1, 0.15) is 6.92 Å². The van der Waals surface area contributed by atoms with E-state index < -0.39 is 21.7 Å². The number of rotatable bonds is 6. The molecule has 0 saturated heterocycles. The molecule has 1 aliphatic rings. The third-order valence-electron chi connectivity index (χ3n) is 3.97. The van der Waals surface area contributed by atoms with E-state index in [1.807, 2.05) is 0 Å². The first-order chi connectivity index (χ1) is 12.9. The molecule has 1 aliphatic heterocycles. The number of para-hydroxylation sites is 1. The zero-order chi connectivity index (χ0) is 19.4. The van der Waals surface area contributed by atoms with Gasteiger partial charge in [0, 0.05) is 26.1 Å². The minimum absolute atomic E-state index is 0.0138. The molecule has 0 fully saturated rings. The predicted octanol–water partition coefficient (Wildman–Crippen LogP) is 1.93. The van der Waals surface area contributed by atoms with Crippen molar-refractivity contribution in [3.63, 3.8) is 0 Å². The molecule has 0 atom stereocenters. The van der Waals surface area contributed by atoms with Gasteiger partial charge in [-0.25, -0.2) is 17.5 Å². The zero-order valence-corrected chi connectivity index (χ0v) is 15.5. The zero-order valence-electron chi connectivity index (χ0n) is 14.6. The van der Waals surface area contributed by atoms with Gasteiger partial charge in [0.05, 0.1) is 10.6 Å². The van der Waals surface area contributed by atoms with E-state index in [2.05, 4.69) is 4.72 Å². The predicted molar refractivity (Wildman–Crippen MR) is 97.0 cm³/mol. The first-order valence-electron chi connectivity index (χ1n) is 8.30. The van der Waals surface area contributed by atoms with Crippen LogP contribution in [0, 0.1) is 5.82 Å². The molecule has 0 aliphatic carbocycles. The summed E-state index contributed by atoms with van der Waals surface area (Å²) in [7, 11) is -3.82. The fourth-order valence-corrected chi connectivity index (χ4v) is 3.72. The number of hydrogen-bond donors (Lipinski definition) is 1. The molecule has 144 valence electrons. The Morgan fingerprint density at radius 3 is 2.56 bits per heavy atom. The molecule has 3 rings (SSSR count). The molecule has 9 heteroatoms. The van der Waals surface area contributed by atoms with Crippen LogP contribution in [0.4, 0.5) is 10.1 Å². The monoisotopic (exact) mass is 394 g/mol. The van der Waals surface area contributed by atoms with E-state index in [4.69, 9.17) is 9.47 Å². The van der Waals surface area contributed by atoms with Gasteiger partial charge in [0.25, 0.3) is 0 Å². The van der Waals surface area contributed by atoms with Crippen LogP contribution in [0.2, 0.25) is 0 Å². The average Bonchev–Trinajstić information content (AvgIpc) is 2.65. The molecule has 1 amide bonds. The quantitative estimate of drug-likeness (QED) is 0.809. The molecule has 0 radical (unpaired) electrons. The molecule has 7 nitrogen and oxygen atoms in total. The van der Waals surface area contributed by atoms with Gasteiger partial charge in [-0.3, -0.25) is 4.79 Å². The molecule has 2 aromatic rings. The van der Waals surface area contributed by atoms with Crippen molar-refractivity contribution < 1.29 is 27.1 Å². The number of ether oxygens (including phenoxy) is 2. The van der Waals surface area contributed by atoms with Crippen molar-refractivity contribution in [3.8, 4) is 11.5 Å². The maximum absolute atomic E-state index is 13.9. The fourth-order valence-electron chi connectivity index (χ4n) is 2.68. The van der Waals surface area contributed by atoms with Gasteiger partial charge in [-0.1, -0.05) is 12.1 Å². The summed E-state index contributed by atoms with van der Waals surface area (Å²) in [5, 5.41) is 0. The summed E-state index contributed by atoms with van der Waals surface area (Å²) >= 11 is 0. The largest absolute Gasteiger partial charge is 0.486 e. The van der Waals surface area contributed by atoms with Gasteiger partial charge in [0.1, 0.15) is 19.0 Å². The summed E-state index contributed by atoms with van der Waals surface area (Å²) in [5.41, 5.74) is 0.100. The molecular weight excluding hydrogens is 375 g/mol. The number of carbonyl (C=O) groups excluding carboxylic acids is 1. The topological polar surface area (TPSA) is 84.9 Å². The summed E-state index contributed by atoms with van der Waals surface area (Å²) in [6.45, 7) is 1.96. The lowest BCUT2D eigenvalue weighted by Crippen LogP contribution is -2.38. The van der Waals surface area contributed by atoms with Crippen LogP contribution < -0.4 is 19.1 Å². The normalized spacial score (nSPS) is 13.3. The van der Waals surface area contributed by atoms with Crippen molar-refractivity contribution in [2.75, 3.05) is 31.2 Å². The van der Waals surface area contributed by atoms with Crippen LogP contribution in [0.3, 0.4) is 0 Å². The van der Waals surface area contributed by atoms with Gasteiger partial charge >= 0.3 is 0 Å². The van der Waals surface area contributed by atoms with Crippen LogP contribution in [-0.2, 0) is 14.8 Å². The summed E-state index contributed by atoms with van der Waals surface area (Å²) in [6.07, 6.45) is 0. The molecule has 0 aromatic heterocycles. The van der Waals surface area contributed by atoms with Gasteiger partial charge in [-0.2, -0.15) is 0 Å². The molecule has 0 unspecified atom stereocenters. The van der Waals surface area contributed by atoms with E-state index in [0.717, 1.165) is 0 Å². The minimum Gasteiger partial charge on any atom is -0.486 e. The summed E-state index contributed by atoms with van der Waals surface area (Å²) in [4.78, 5) is 13.0. The number of nitrogens with zero attached hydrogens (tertiary/aromatic N) is 1.